The molecule has 0 saturated carbocycles. The quantitative estimate of drug-likeness (QED) is 0.844. The average molecular weight is 295 g/mol. The van der Waals surface area contributed by atoms with E-state index >= 15 is 0 Å². The maximum atomic E-state index is 13.1. The third-order valence-corrected chi connectivity index (χ3v) is 3.07. The molecule has 0 saturated heterocycles. The fraction of sp³-hybridized carbons (Fsp3) is 0.0714. The minimum Gasteiger partial charge on any atom is -0.389 e. The van der Waals surface area contributed by atoms with E-state index in [2.05, 4.69) is 5.32 Å². The molecule has 98 valence electrons. The summed E-state index contributed by atoms with van der Waals surface area (Å²) < 4.78 is 13.1. The molecule has 0 spiro atoms. The summed E-state index contributed by atoms with van der Waals surface area (Å²) in [6, 6.07) is 11.6. The van der Waals surface area contributed by atoms with Gasteiger partial charge in [0.25, 0.3) is 0 Å². The Morgan fingerprint density at radius 3 is 2.74 bits per heavy atom. The highest BCUT2D eigenvalue weighted by Crippen LogP contribution is 2.21. The average Bonchev–Trinajstić information content (AvgIpc) is 2.37. The summed E-state index contributed by atoms with van der Waals surface area (Å²) in [5.74, 6) is -0.259. The van der Waals surface area contributed by atoms with Gasteiger partial charge in [-0.05, 0) is 35.9 Å². The lowest BCUT2D eigenvalue weighted by Crippen LogP contribution is -2.13. The molecule has 0 radical (unpaired) electrons. The Balaban J connectivity index is 2.17. The Hall–Kier alpha value is -1.65. The number of halogens is 2. The van der Waals surface area contributed by atoms with Gasteiger partial charge in [0.1, 0.15) is 10.8 Å². The monoisotopic (exact) mass is 294 g/mol. The Morgan fingerprint density at radius 1 is 1.26 bits per heavy atom. The van der Waals surface area contributed by atoms with Crippen LogP contribution in [0.1, 0.15) is 11.1 Å². The predicted octanol–water partition coefficient (Wildman–Crippen LogP) is 3.73. The second kappa shape index (κ2) is 5.99. The maximum Gasteiger partial charge on any atom is 0.123 e. The standard InChI is InChI=1S/C14H12ClFN2S/c15-10-4-5-13(12(7-10)14(17)19)18-8-9-2-1-3-11(16)6-9/h1-7,18H,8H2,(H2,17,19). The van der Waals surface area contributed by atoms with Crippen LogP contribution in [0.3, 0.4) is 0 Å². The van der Waals surface area contributed by atoms with Crippen LogP contribution in [0.4, 0.5) is 10.1 Å². The van der Waals surface area contributed by atoms with Crippen LogP contribution in [0.5, 0.6) is 0 Å². The fourth-order valence-corrected chi connectivity index (χ4v) is 2.06. The van der Waals surface area contributed by atoms with Crippen LogP contribution >= 0.6 is 23.8 Å². The minimum atomic E-state index is -0.259. The number of nitrogens with two attached hydrogens (primary N) is 1. The number of nitrogens with one attached hydrogen (secondary N) is 1. The second-order valence-electron chi connectivity index (χ2n) is 4.04. The van der Waals surface area contributed by atoms with Gasteiger partial charge in [-0.25, -0.2) is 4.39 Å². The van der Waals surface area contributed by atoms with E-state index in [0.29, 0.717) is 17.1 Å². The van der Waals surface area contributed by atoms with Crippen LogP contribution in [-0.2, 0) is 6.54 Å². The molecule has 19 heavy (non-hydrogen) atoms. The Bertz CT molecular complexity index is 616. The van der Waals surface area contributed by atoms with Crippen molar-refractivity contribution in [3.8, 4) is 0 Å². The lowest BCUT2D eigenvalue weighted by Gasteiger charge is -2.11. The van der Waals surface area contributed by atoms with Gasteiger partial charge in [0.05, 0.1) is 0 Å². The van der Waals surface area contributed by atoms with Gasteiger partial charge in [0.15, 0.2) is 0 Å². The van der Waals surface area contributed by atoms with E-state index < -0.39 is 0 Å². The highest BCUT2D eigenvalue weighted by molar-refractivity contribution is 7.80. The molecule has 0 unspecified atom stereocenters. The van der Waals surface area contributed by atoms with Crippen molar-refractivity contribution in [2.24, 2.45) is 5.73 Å². The van der Waals surface area contributed by atoms with Gasteiger partial charge in [0, 0.05) is 22.8 Å². The fourth-order valence-electron chi connectivity index (χ4n) is 1.72. The van der Waals surface area contributed by atoms with Gasteiger partial charge in [0.2, 0.25) is 0 Å². The number of anilines is 1. The number of benzene rings is 2. The first kappa shape index (κ1) is 13.8. The number of hydrogen-bond acceptors (Lipinski definition) is 2. The van der Waals surface area contributed by atoms with Crippen LogP contribution in [-0.4, -0.2) is 4.99 Å². The van der Waals surface area contributed by atoms with Gasteiger partial charge in [-0.2, -0.15) is 0 Å². The first-order chi connectivity index (χ1) is 9.06. The van der Waals surface area contributed by atoms with Crippen molar-refractivity contribution in [1.82, 2.24) is 0 Å². The van der Waals surface area contributed by atoms with E-state index in [4.69, 9.17) is 29.6 Å². The van der Waals surface area contributed by atoms with Crippen LogP contribution in [0.25, 0.3) is 0 Å². The maximum absolute atomic E-state index is 13.1. The molecule has 5 heteroatoms. The van der Waals surface area contributed by atoms with Crippen molar-refractivity contribution < 1.29 is 4.39 Å². The first-order valence-electron chi connectivity index (χ1n) is 5.64. The molecule has 0 aliphatic rings. The van der Waals surface area contributed by atoms with Crippen LogP contribution in [0.2, 0.25) is 5.02 Å². The van der Waals surface area contributed by atoms with Crippen molar-refractivity contribution >= 4 is 34.5 Å². The number of hydrogen-bond donors (Lipinski definition) is 2. The minimum absolute atomic E-state index is 0.259. The Labute approximate surface area is 121 Å². The number of rotatable bonds is 4. The molecule has 0 amide bonds. The molecular formula is C14H12ClFN2S. The molecule has 2 aromatic carbocycles. The van der Waals surface area contributed by atoms with Gasteiger partial charge in [-0.15, -0.1) is 0 Å². The van der Waals surface area contributed by atoms with E-state index in [-0.39, 0.29) is 10.8 Å². The molecule has 0 aliphatic heterocycles. The molecule has 2 nitrogen and oxygen atoms in total. The van der Waals surface area contributed by atoms with Gasteiger partial charge in [-0.1, -0.05) is 36.0 Å². The molecule has 0 aromatic heterocycles. The zero-order valence-corrected chi connectivity index (χ0v) is 11.6. The third-order valence-electron chi connectivity index (χ3n) is 2.62. The van der Waals surface area contributed by atoms with Crippen LogP contribution < -0.4 is 11.1 Å². The summed E-state index contributed by atoms with van der Waals surface area (Å²) in [4.78, 5) is 0.268. The van der Waals surface area contributed by atoms with Crippen molar-refractivity contribution in [3.63, 3.8) is 0 Å². The summed E-state index contributed by atoms with van der Waals surface area (Å²) in [7, 11) is 0. The van der Waals surface area contributed by atoms with Gasteiger partial charge in [-0.3, -0.25) is 0 Å². The molecule has 0 fully saturated rings. The highest BCUT2D eigenvalue weighted by atomic mass is 35.5. The van der Waals surface area contributed by atoms with E-state index in [0.717, 1.165) is 11.3 Å². The van der Waals surface area contributed by atoms with Crippen molar-refractivity contribution in [2.75, 3.05) is 5.32 Å². The molecular weight excluding hydrogens is 283 g/mol. The molecule has 3 N–H and O–H groups in total. The predicted molar refractivity (Wildman–Crippen MR) is 81.1 cm³/mol. The largest absolute Gasteiger partial charge is 0.389 e. The topological polar surface area (TPSA) is 38.0 Å². The van der Waals surface area contributed by atoms with E-state index in [1.165, 1.54) is 12.1 Å². The summed E-state index contributed by atoms with van der Waals surface area (Å²) >= 11 is 10.9. The second-order valence-corrected chi connectivity index (χ2v) is 4.91. The van der Waals surface area contributed by atoms with Gasteiger partial charge >= 0.3 is 0 Å². The molecule has 2 aromatic rings. The molecule has 0 bridgehead atoms. The zero-order valence-electron chi connectivity index (χ0n) is 9.99. The van der Waals surface area contributed by atoms with Gasteiger partial charge < -0.3 is 11.1 Å². The van der Waals surface area contributed by atoms with Crippen LogP contribution in [0, 0.1) is 5.82 Å². The van der Waals surface area contributed by atoms with Crippen molar-refractivity contribution in [3.05, 3.63) is 64.4 Å². The third kappa shape index (κ3) is 3.66. The lowest BCUT2D eigenvalue weighted by molar-refractivity contribution is 0.626. The molecule has 0 aliphatic carbocycles. The van der Waals surface area contributed by atoms with E-state index in [1.807, 2.05) is 6.07 Å². The van der Waals surface area contributed by atoms with E-state index in [9.17, 15) is 4.39 Å². The SMILES string of the molecule is NC(=S)c1cc(Cl)ccc1NCc1cccc(F)c1. The van der Waals surface area contributed by atoms with Crippen molar-refractivity contribution in [1.29, 1.82) is 0 Å². The molecule has 2 rings (SSSR count). The normalized spacial score (nSPS) is 10.2. The Morgan fingerprint density at radius 2 is 2.05 bits per heavy atom. The van der Waals surface area contributed by atoms with Crippen molar-refractivity contribution in [2.45, 2.75) is 6.54 Å². The molecule has 0 heterocycles. The summed E-state index contributed by atoms with van der Waals surface area (Å²) in [6.45, 7) is 0.481. The lowest BCUT2D eigenvalue weighted by atomic mass is 10.1. The summed E-state index contributed by atoms with van der Waals surface area (Å²) in [5, 5.41) is 3.74. The van der Waals surface area contributed by atoms with E-state index in [1.54, 1.807) is 24.3 Å². The van der Waals surface area contributed by atoms with Crippen LogP contribution in [0.15, 0.2) is 42.5 Å². The Kier molecular flexibility index (Phi) is 4.35. The summed E-state index contributed by atoms with van der Waals surface area (Å²) in [5.41, 5.74) is 7.94. The smallest absolute Gasteiger partial charge is 0.123 e. The summed E-state index contributed by atoms with van der Waals surface area (Å²) in [6.07, 6.45) is 0. The zero-order chi connectivity index (χ0) is 13.8. The highest BCUT2D eigenvalue weighted by Gasteiger charge is 2.06. The molecule has 0 atom stereocenters. The first-order valence-corrected chi connectivity index (χ1v) is 6.42. The number of thiocarbonyl (C=S) groups is 1.